The lowest BCUT2D eigenvalue weighted by molar-refractivity contribution is 0.196. The largest absolute Gasteiger partial charge is 0.347 e. The monoisotopic (exact) mass is 369 g/mol. The van der Waals surface area contributed by atoms with Crippen molar-refractivity contribution in [3.63, 3.8) is 0 Å². The van der Waals surface area contributed by atoms with E-state index in [1.165, 1.54) is 6.42 Å². The minimum Gasteiger partial charge on any atom is -0.347 e. The maximum Gasteiger partial charge on any atom is 0.188 e. The third-order valence-corrected chi connectivity index (χ3v) is 5.46. The van der Waals surface area contributed by atoms with Crippen LogP contribution >= 0.6 is 11.3 Å². The van der Waals surface area contributed by atoms with Crippen LogP contribution in [0.2, 0.25) is 0 Å². The van der Waals surface area contributed by atoms with Crippen LogP contribution in [0.15, 0.2) is 24.0 Å². The molecule has 0 aromatic carbocycles. The Labute approximate surface area is 156 Å². The van der Waals surface area contributed by atoms with Gasteiger partial charge in [-0.2, -0.15) is 0 Å². The molecule has 3 aromatic rings. The number of thiazole rings is 1. The van der Waals surface area contributed by atoms with Gasteiger partial charge in [0.15, 0.2) is 5.13 Å². The quantitative estimate of drug-likeness (QED) is 0.717. The number of hydrogen-bond acceptors (Lipinski definition) is 7. The molecule has 26 heavy (non-hydrogen) atoms. The number of aromatic nitrogens is 5. The van der Waals surface area contributed by atoms with Gasteiger partial charge in [-0.05, 0) is 33.2 Å². The Bertz CT molecular complexity index is 858. The molecular weight excluding hydrogens is 346 g/mol. The highest BCUT2D eigenvalue weighted by Crippen LogP contribution is 2.28. The Balaban J connectivity index is 1.49. The molecule has 0 saturated carbocycles. The number of aromatic amines is 1. The number of piperidine rings is 1. The third-order valence-electron chi connectivity index (χ3n) is 4.58. The van der Waals surface area contributed by atoms with Crippen molar-refractivity contribution in [2.45, 2.75) is 39.2 Å². The van der Waals surface area contributed by atoms with E-state index in [-0.39, 0.29) is 0 Å². The van der Waals surface area contributed by atoms with Gasteiger partial charge < -0.3 is 10.3 Å². The summed E-state index contributed by atoms with van der Waals surface area (Å²) in [5.41, 5.74) is 3.29. The molecule has 0 spiro atoms. The van der Waals surface area contributed by atoms with E-state index in [2.05, 4.69) is 36.2 Å². The van der Waals surface area contributed by atoms with E-state index < -0.39 is 0 Å². The Morgan fingerprint density at radius 2 is 2.23 bits per heavy atom. The van der Waals surface area contributed by atoms with E-state index in [9.17, 15) is 0 Å². The molecule has 1 aliphatic heterocycles. The first-order chi connectivity index (χ1) is 12.7. The molecule has 0 bridgehead atoms. The fraction of sp³-hybridized carbons (Fsp3) is 0.444. The van der Waals surface area contributed by atoms with Crippen LogP contribution < -0.4 is 5.32 Å². The molecule has 1 saturated heterocycles. The maximum absolute atomic E-state index is 4.72. The van der Waals surface area contributed by atoms with Gasteiger partial charge in [0.1, 0.15) is 11.6 Å². The van der Waals surface area contributed by atoms with Crippen LogP contribution in [0.4, 0.5) is 10.9 Å². The third kappa shape index (κ3) is 4.08. The first-order valence-electron chi connectivity index (χ1n) is 8.90. The Morgan fingerprint density at radius 3 is 3.00 bits per heavy atom. The summed E-state index contributed by atoms with van der Waals surface area (Å²) in [6.07, 6.45) is 5.97. The highest BCUT2D eigenvalue weighted by molar-refractivity contribution is 7.13. The fourth-order valence-electron chi connectivity index (χ4n) is 3.44. The topological polar surface area (TPSA) is 82.6 Å². The van der Waals surface area contributed by atoms with Crippen molar-refractivity contribution >= 4 is 22.3 Å². The Morgan fingerprint density at radius 1 is 1.31 bits per heavy atom. The summed E-state index contributed by atoms with van der Waals surface area (Å²) in [5, 5.41) is 6.23. The van der Waals surface area contributed by atoms with Gasteiger partial charge in [0.05, 0.1) is 17.7 Å². The van der Waals surface area contributed by atoms with E-state index in [1.54, 1.807) is 17.7 Å². The average molecular weight is 369 g/mol. The van der Waals surface area contributed by atoms with Gasteiger partial charge in [-0.1, -0.05) is 0 Å². The van der Waals surface area contributed by atoms with Crippen LogP contribution in [0.25, 0.3) is 0 Å². The van der Waals surface area contributed by atoms with Crippen LogP contribution in [0.5, 0.6) is 0 Å². The molecule has 8 heteroatoms. The predicted octanol–water partition coefficient (Wildman–Crippen LogP) is 3.40. The molecule has 4 rings (SSSR count). The van der Waals surface area contributed by atoms with Crippen LogP contribution in [0.3, 0.4) is 0 Å². The second kappa shape index (κ2) is 7.51. The number of aryl methyl sites for hydroxylation is 2. The number of likely N-dealkylation sites (tertiary alicyclic amines) is 1. The van der Waals surface area contributed by atoms with Crippen molar-refractivity contribution in [3.8, 4) is 0 Å². The van der Waals surface area contributed by atoms with Crippen molar-refractivity contribution in [1.82, 2.24) is 29.8 Å². The van der Waals surface area contributed by atoms with Crippen molar-refractivity contribution in [1.29, 1.82) is 0 Å². The maximum atomic E-state index is 4.72. The zero-order valence-corrected chi connectivity index (χ0v) is 15.9. The van der Waals surface area contributed by atoms with Gasteiger partial charge in [-0.25, -0.2) is 19.9 Å². The van der Waals surface area contributed by atoms with E-state index in [4.69, 9.17) is 4.98 Å². The molecule has 3 aromatic heterocycles. The molecule has 1 atom stereocenters. The lowest BCUT2D eigenvalue weighted by Gasteiger charge is -2.32. The number of imidazole rings is 1. The molecular formula is C18H23N7S. The molecule has 0 aliphatic carbocycles. The lowest BCUT2D eigenvalue weighted by Crippen LogP contribution is -2.34. The van der Waals surface area contributed by atoms with E-state index in [0.29, 0.717) is 5.92 Å². The minimum absolute atomic E-state index is 0.423. The number of hydrogen-bond donors (Lipinski definition) is 2. The van der Waals surface area contributed by atoms with Crippen molar-refractivity contribution in [2.75, 3.05) is 18.4 Å². The molecule has 2 N–H and O–H groups in total. The standard InChI is InChI=1S/C18H23N7S/c1-12-10-26-18(21-12)24-17-6-16(22-13(2)23-17)14-4-3-5-25(8-14)9-15-7-19-11-20-15/h6-7,10-11,14H,3-5,8-9H2,1-2H3,(H,19,20)(H,21,22,23,24). The molecule has 7 nitrogen and oxygen atoms in total. The molecule has 1 aliphatic rings. The summed E-state index contributed by atoms with van der Waals surface area (Å²) < 4.78 is 0. The second-order valence-corrected chi connectivity index (χ2v) is 7.65. The summed E-state index contributed by atoms with van der Waals surface area (Å²) in [7, 11) is 0. The summed E-state index contributed by atoms with van der Waals surface area (Å²) in [6, 6.07) is 2.08. The lowest BCUT2D eigenvalue weighted by atomic mass is 9.94. The van der Waals surface area contributed by atoms with Gasteiger partial charge in [-0.3, -0.25) is 4.90 Å². The van der Waals surface area contributed by atoms with Gasteiger partial charge in [0.25, 0.3) is 0 Å². The zero-order valence-electron chi connectivity index (χ0n) is 15.1. The van der Waals surface area contributed by atoms with Gasteiger partial charge in [0.2, 0.25) is 0 Å². The summed E-state index contributed by atoms with van der Waals surface area (Å²) in [4.78, 5) is 23.5. The Kier molecular flexibility index (Phi) is 4.94. The van der Waals surface area contributed by atoms with Crippen LogP contribution in [-0.2, 0) is 6.54 Å². The van der Waals surface area contributed by atoms with Crippen LogP contribution in [0, 0.1) is 13.8 Å². The van der Waals surface area contributed by atoms with E-state index >= 15 is 0 Å². The van der Waals surface area contributed by atoms with Gasteiger partial charge >= 0.3 is 0 Å². The summed E-state index contributed by atoms with van der Waals surface area (Å²) >= 11 is 1.59. The van der Waals surface area contributed by atoms with E-state index in [0.717, 1.165) is 59.9 Å². The highest BCUT2D eigenvalue weighted by Gasteiger charge is 2.23. The normalized spacial score (nSPS) is 18.2. The molecule has 4 heterocycles. The van der Waals surface area contributed by atoms with Crippen molar-refractivity contribution in [2.24, 2.45) is 0 Å². The Hall–Kier alpha value is -2.32. The van der Waals surface area contributed by atoms with Crippen LogP contribution in [0.1, 0.15) is 41.7 Å². The second-order valence-electron chi connectivity index (χ2n) is 6.80. The number of rotatable bonds is 5. The van der Waals surface area contributed by atoms with E-state index in [1.807, 2.05) is 25.4 Å². The first-order valence-corrected chi connectivity index (χ1v) is 9.78. The predicted molar refractivity (Wildman–Crippen MR) is 103 cm³/mol. The van der Waals surface area contributed by atoms with Crippen LogP contribution in [-0.4, -0.2) is 42.9 Å². The fourth-order valence-corrected chi connectivity index (χ4v) is 4.13. The number of nitrogens with zero attached hydrogens (tertiary/aromatic N) is 5. The van der Waals surface area contributed by atoms with Gasteiger partial charge in [-0.15, -0.1) is 11.3 Å². The highest BCUT2D eigenvalue weighted by atomic mass is 32.1. The number of H-pyrrole nitrogens is 1. The van der Waals surface area contributed by atoms with Crippen molar-refractivity contribution < 1.29 is 0 Å². The zero-order chi connectivity index (χ0) is 17.9. The van der Waals surface area contributed by atoms with Crippen molar-refractivity contribution in [3.05, 3.63) is 46.9 Å². The molecule has 1 fully saturated rings. The number of anilines is 2. The smallest absolute Gasteiger partial charge is 0.188 e. The average Bonchev–Trinajstić information content (AvgIpc) is 3.26. The minimum atomic E-state index is 0.423. The molecule has 0 radical (unpaired) electrons. The first kappa shape index (κ1) is 17.1. The summed E-state index contributed by atoms with van der Waals surface area (Å²) in [6.45, 7) is 6.97. The summed E-state index contributed by atoms with van der Waals surface area (Å²) in [5.74, 6) is 2.04. The molecule has 136 valence electrons. The number of nitrogens with one attached hydrogen (secondary N) is 2. The molecule has 1 unspecified atom stereocenters. The van der Waals surface area contributed by atoms with Gasteiger partial charge in [0, 0.05) is 42.3 Å². The SMILES string of the molecule is Cc1csc(Nc2cc(C3CCCN(Cc4cnc[nH]4)C3)nc(C)n2)n1. The molecule has 0 amide bonds.